The van der Waals surface area contributed by atoms with Crippen molar-refractivity contribution in [2.24, 2.45) is 0 Å². The monoisotopic (exact) mass is 293 g/mol. The van der Waals surface area contributed by atoms with E-state index in [-0.39, 0.29) is 6.10 Å². The maximum atomic E-state index is 5.86. The van der Waals surface area contributed by atoms with Crippen molar-refractivity contribution < 1.29 is 4.74 Å². The highest BCUT2D eigenvalue weighted by atomic mass is 32.1. The molecule has 0 N–H and O–H groups in total. The lowest BCUT2D eigenvalue weighted by Gasteiger charge is -2.31. The molecular weight excluding hydrogens is 274 g/mol. The predicted octanol–water partition coefficient (Wildman–Crippen LogP) is 1.64. The fraction of sp³-hybridized carbons (Fsp3) is 0.615. The van der Waals surface area contributed by atoms with Crippen LogP contribution < -0.4 is 0 Å². The van der Waals surface area contributed by atoms with E-state index >= 15 is 0 Å². The molecule has 3 heterocycles. The first kappa shape index (κ1) is 13.7. The summed E-state index contributed by atoms with van der Waals surface area (Å²) in [5.41, 5.74) is 1.14. The fourth-order valence-corrected chi connectivity index (χ4v) is 3.07. The number of nitrogens with zero attached hydrogens (tertiary/aromatic N) is 5. The van der Waals surface area contributed by atoms with Crippen LogP contribution in [0.3, 0.4) is 0 Å². The average molecular weight is 293 g/mol. The molecule has 6 nitrogen and oxygen atoms in total. The Morgan fingerprint density at radius 3 is 3.15 bits per heavy atom. The van der Waals surface area contributed by atoms with Crippen LogP contribution in [0.25, 0.3) is 0 Å². The molecule has 1 atom stereocenters. The minimum Gasteiger partial charge on any atom is -0.368 e. The van der Waals surface area contributed by atoms with Gasteiger partial charge in [0.05, 0.1) is 17.3 Å². The molecule has 1 fully saturated rings. The zero-order valence-electron chi connectivity index (χ0n) is 11.8. The number of rotatable bonds is 4. The minimum atomic E-state index is 0.00549. The second-order valence-electron chi connectivity index (χ2n) is 4.93. The zero-order valence-corrected chi connectivity index (χ0v) is 12.6. The Labute approximate surface area is 122 Å². The molecule has 1 saturated heterocycles. The summed E-state index contributed by atoms with van der Waals surface area (Å²) in [5, 5.41) is 11.4. The van der Waals surface area contributed by atoms with Crippen molar-refractivity contribution in [3.05, 3.63) is 28.2 Å². The molecule has 3 rings (SSSR count). The molecule has 0 bridgehead atoms. The molecule has 0 aliphatic carbocycles. The molecule has 0 aromatic carbocycles. The van der Waals surface area contributed by atoms with Crippen LogP contribution >= 0.6 is 11.3 Å². The molecule has 0 saturated carbocycles. The maximum absolute atomic E-state index is 5.86. The van der Waals surface area contributed by atoms with Crippen LogP contribution in [-0.4, -0.2) is 44.3 Å². The van der Waals surface area contributed by atoms with Gasteiger partial charge in [-0.1, -0.05) is 0 Å². The van der Waals surface area contributed by atoms with Gasteiger partial charge < -0.3 is 9.30 Å². The summed E-state index contributed by atoms with van der Waals surface area (Å²) in [5.74, 6) is 0.923. The van der Waals surface area contributed by atoms with Gasteiger partial charge in [-0.15, -0.1) is 21.5 Å². The summed E-state index contributed by atoms with van der Waals surface area (Å²) >= 11 is 1.70. The summed E-state index contributed by atoms with van der Waals surface area (Å²) in [6.45, 7) is 8.39. The van der Waals surface area contributed by atoms with Crippen LogP contribution in [0.5, 0.6) is 0 Å². The first-order valence-corrected chi connectivity index (χ1v) is 7.77. The number of thiazole rings is 1. The van der Waals surface area contributed by atoms with Crippen LogP contribution in [-0.2, 0) is 17.8 Å². The lowest BCUT2D eigenvalue weighted by Crippen LogP contribution is -2.38. The van der Waals surface area contributed by atoms with Gasteiger partial charge in [-0.05, 0) is 13.8 Å². The third kappa shape index (κ3) is 2.89. The average Bonchev–Trinajstić information content (AvgIpc) is 3.08. The largest absolute Gasteiger partial charge is 0.368 e. The number of morpholine rings is 1. The maximum Gasteiger partial charge on any atom is 0.163 e. The highest BCUT2D eigenvalue weighted by Gasteiger charge is 2.26. The third-order valence-corrected chi connectivity index (χ3v) is 4.30. The molecule has 0 spiro atoms. The SMILES string of the molecule is CCn1cnnc1[C@@H]1CN(Cc2csc(C)n2)CCO1. The predicted molar refractivity (Wildman–Crippen MR) is 76.5 cm³/mol. The van der Waals surface area contributed by atoms with Crippen LogP contribution in [0.2, 0.25) is 0 Å². The van der Waals surface area contributed by atoms with Gasteiger partial charge in [-0.25, -0.2) is 4.98 Å². The van der Waals surface area contributed by atoms with Crippen LogP contribution in [0, 0.1) is 6.92 Å². The molecule has 0 radical (unpaired) electrons. The second-order valence-corrected chi connectivity index (χ2v) is 5.99. The van der Waals surface area contributed by atoms with Crippen molar-refractivity contribution in [1.29, 1.82) is 0 Å². The Hall–Kier alpha value is -1.31. The zero-order chi connectivity index (χ0) is 13.9. The Morgan fingerprint density at radius 1 is 1.50 bits per heavy atom. The number of hydrogen-bond acceptors (Lipinski definition) is 6. The van der Waals surface area contributed by atoms with Gasteiger partial charge in [0, 0.05) is 31.6 Å². The minimum absolute atomic E-state index is 0.00549. The van der Waals surface area contributed by atoms with Gasteiger partial charge in [-0.2, -0.15) is 0 Å². The normalized spacial score (nSPS) is 20.4. The van der Waals surface area contributed by atoms with E-state index in [0.29, 0.717) is 0 Å². The van der Waals surface area contributed by atoms with Crippen LogP contribution in [0.4, 0.5) is 0 Å². The van der Waals surface area contributed by atoms with Crippen molar-refractivity contribution in [2.45, 2.75) is 33.0 Å². The van der Waals surface area contributed by atoms with Crippen molar-refractivity contribution in [2.75, 3.05) is 19.7 Å². The van der Waals surface area contributed by atoms with E-state index in [1.54, 1.807) is 17.7 Å². The van der Waals surface area contributed by atoms with Crippen LogP contribution in [0.15, 0.2) is 11.7 Å². The van der Waals surface area contributed by atoms with E-state index < -0.39 is 0 Å². The number of aromatic nitrogens is 4. The van der Waals surface area contributed by atoms with Crippen LogP contribution in [0.1, 0.15) is 29.6 Å². The van der Waals surface area contributed by atoms with Gasteiger partial charge in [0.25, 0.3) is 0 Å². The molecule has 2 aromatic heterocycles. The number of aryl methyl sites for hydroxylation is 2. The lowest BCUT2D eigenvalue weighted by atomic mass is 10.2. The first-order chi connectivity index (χ1) is 9.76. The highest BCUT2D eigenvalue weighted by molar-refractivity contribution is 7.09. The van der Waals surface area contributed by atoms with E-state index in [9.17, 15) is 0 Å². The van der Waals surface area contributed by atoms with Gasteiger partial charge >= 0.3 is 0 Å². The second kappa shape index (κ2) is 5.99. The molecule has 0 unspecified atom stereocenters. The van der Waals surface area contributed by atoms with Gasteiger partial charge in [0.1, 0.15) is 12.4 Å². The Morgan fingerprint density at radius 2 is 2.40 bits per heavy atom. The molecule has 2 aromatic rings. The van der Waals surface area contributed by atoms with Crippen molar-refractivity contribution in [1.82, 2.24) is 24.6 Å². The topological polar surface area (TPSA) is 56.1 Å². The van der Waals surface area contributed by atoms with Gasteiger partial charge in [-0.3, -0.25) is 4.90 Å². The summed E-state index contributed by atoms with van der Waals surface area (Å²) in [6, 6.07) is 0. The van der Waals surface area contributed by atoms with Gasteiger partial charge in [0.15, 0.2) is 5.82 Å². The van der Waals surface area contributed by atoms with E-state index in [2.05, 4.69) is 32.4 Å². The molecule has 108 valence electrons. The summed E-state index contributed by atoms with van der Waals surface area (Å²) < 4.78 is 7.90. The number of ether oxygens (including phenoxy) is 1. The Balaban J connectivity index is 1.67. The first-order valence-electron chi connectivity index (χ1n) is 6.89. The third-order valence-electron chi connectivity index (χ3n) is 3.48. The summed E-state index contributed by atoms with van der Waals surface area (Å²) in [4.78, 5) is 6.90. The quantitative estimate of drug-likeness (QED) is 0.857. The van der Waals surface area contributed by atoms with Crippen molar-refractivity contribution >= 4 is 11.3 Å². The molecule has 1 aliphatic heterocycles. The summed E-state index contributed by atoms with van der Waals surface area (Å²) in [7, 11) is 0. The van der Waals surface area contributed by atoms with Gasteiger partial charge in [0.2, 0.25) is 0 Å². The smallest absolute Gasteiger partial charge is 0.163 e. The molecule has 20 heavy (non-hydrogen) atoms. The van der Waals surface area contributed by atoms with Crippen molar-refractivity contribution in [3.8, 4) is 0 Å². The molecule has 7 heteroatoms. The Bertz CT molecular complexity index is 567. The Kier molecular flexibility index (Phi) is 4.09. The van der Waals surface area contributed by atoms with E-state index in [0.717, 1.165) is 49.3 Å². The molecule has 1 aliphatic rings. The van der Waals surface area contributed by atoms with E-state index in [4.69, 9.17) is 4.74 Å². The highest BCUT2D eigenvalue weighted by Crippen LogP contribution is 2.22. The van der Waals surface area contributed by atoms with E-state index in [1.165, 1.54) is 0 Å². The molecule has 0 amide bonds. The number of hydrogen-bond donors (Lipinski definition) is 0. The van der Waals surface area contributed by atoms with Crippen molar-refractivity contribution in [3.63, 3.8) is 0 Å². The molecular formula is C13H19N5OS. The van der Waals surface area contributed by atoms with E-state index in [1.807, 2.05) is 11.5 Å². The fourth-order valence-electron chi connectivity index (χ4n) is 2.47. The standard InChI is InChI=1S/C13H19N5OS/c1-3-18-9-14-16-13(18)12-7-17(4-5-19-12)6-11-8-20-10(2)15-11/h8-9,12H,3-7H2,1-2H3/t12-/m0/s1. The summed E-state index contributed by atoms with van der Waals surface area (Å²) in [6.07, 6.45) is 1.77. The lowest BCUT2D eigenvalue weighted by molar-refractivity contribution is -0.0391.